The predicted octanol–water partition coefficient (Wildman–Crippen LogP) is -4.94. The van der Waals surface area contributed by atoms with Crippen LogP contribution in [0, 0.1) is 0 Å². The largest absolute Gasteiger partial charge is 2.00 e. The van der Waals surface area contributed by atoms with E-state index in [1.54, 1.807) is 0 Å². The molecule has 4 heteroatoms. The second-order valence-corrected chi connectivity index (χ2v) is 3.50. The summed E-state index contributed by atoms with van der Waals surface area (Å²) < 4.78 is 5.72. The van der Waals surface area contributed by atoms with Crippen LogP contribution in [0.15, 0.2) is 18.2 Å². The molecule has 0 aromatic heterocycles. The van der Waals surface area contributed by atoms with Crippen LogP contribution in [0.2, 0.25) is 0 Å². The first-order valence-electron chi connectivity index (χ1n) is 4.54. The van der Waals surface area contributed by atoms with E-state index in [9.17, 15) is 0 Å². The molecule has 0 bridgehead atoms. The van der Waals surface area contributed by atoms with Crippen molar-refractivity contribution in [1.29, 1.82) is 0 Å². The molecule has 1 aliphatic carbocycles. The molecule has 3 rings (SSSR count). The molecule has 1 heterocycles. The maximum Gasteiger partial charge on any atom is 2.00 e. The Morgan fingerprint density at radius 2 is 1.81 bits per heavy atom. The molecular weight excluding hydrogens is 322 g/mol. The fraction of sp³-hybridized carbons (Fsp3) is 0.167. The Morgan fingerprint density at radius 1 is 1.12 bits per heavy atom. The van der Waals surface area contributed by atoms with Crippen LogP contribution in [0.4, 0.5) is 0 Å². The summed E-state index contributed by atoms with van der Waals surface area (Å²) in [5.41, 5.74) is 1.23. The predicted molar refractivity (Wildman–Crippen MR) is 53.7 cm³/mol. The zero-order valence-corrected chi connectivity index (χ0v) is 12.7. The molecule has 1 nitrogen and oxygen atoms in total. The van der Waals surface area contributed by atoms with Gasteiger partial charge < -0.3 is 29.6 Å². The van der Waals surface area contributed by atoms with E-state index < -0.39 is 0 Å². The van der Waals surface area contributed by atoms with Crippen LogP contribution in [0.1, 0.15) is 12.5 Å². The average molecular weight is 332 g/mol. The number of benzene rings is 1. The van der Waals surface area contributed by atoms with Gasteiger partial charge in [0.1, 0.15) is 11.9 Å². The van der Waals surface area contributed by atoms with Crippen LogP contribution in [0.5, 0.6) is 5.75 Å². The van der Waals surface area contributed by atoms with Crippen molar-refractivity contribution in [2.75, 3.05) is 0 Å². The molecule has 1 aromatic carbocycles. The molecule has 1 unspecified atom stereocenters. The van der Waals surface area contributed by atoms with E-state index in [0.29, 0.717) is 0 Å². The number of hydrogen-bond acceptors (Lipinski definition) is 1. The van der Waals surface area contributed by atoms with E-state index in [-0.39, 0.29) is 57.1 Å². The fourth-order valence-corrected chi connectivity index (χ4v) is 1.93. The van der Waals surface area contributed by atoms with Crippen LogP contribution in [-0.2, 0) is 26.2 Å². The summed E-state index contributed by atoms with van der Waals surface area (Å²) in [6.07, 6.45) is 8.66. The molecule has 0 saturated heterocycles. The molecular formula is C12H10Cl2OZr. The van der Waals surface area contributed by atoms with Gasteiger partial charge in [-0.05, 0) is 18.2 Å². The third-order valence-corrected chi connectivity index (χ3v) is 2.52. The third kappa shape index (κ3) is 2.45. The van der Waals surface area contributed by atoms with Gasteiger partial charge in [0.25, 0.3) is 0 Å². The van der Waals surface area contributed by atoms with E-state index >= 15 is 0 Å². The summed E-state index contributed by atoms with van der Waals surface area (Å²) in [7, 11) is 0. The van der Waals surface area contributed by atoms with Crippen LogP contribution < -0.4 is 40.0 Å². The van der Waals surface area contributed by atoms with E-state index in [2.05, 4.69) is 43.4 Å². The summed E-state index contributed by atoms with van der Waals surface area (Å²) in [4.78, 5) is 0. The van der Waals surface area contributed by atoms with Crippen molar-refractivity contribution in [2.24, 2.45) is 0 Å². The van der Waals surface area contributed by atoms with Gasteiger partial charge in [-0.15, -0.1) is 0 Å². The zero-order valence-electron chi connectivity index (χ0n) is 8.71. The van der Waals surface area contributed by atoms with Gasteiger partial charge in [-0.1, -0.05) is 30.4 Å². The third-order valence-electron chi connectivity index (χ3n) is 2.52. The Kier molecular flexibility index (Phi) is 6.03. The number of allylic oxidation sites excluding steroid dienone is 1. The van der Waals surface area contributed by atoms with Crippen molar-refractivity contribution >= 4 is 18.2 Å². The van der Waals surface area contributed by atoms with Crippen molar-refractivity contribution in [1.82, 2.24) is 0 Å². The van der Waals surface area contributed by atoms with Gasteiger partial charge in [0.2, 0.25) is 0 Å². The molecule has 0 amide bonds. The smallest absolute Gasteiger partial charge is 1.00 e. The molecule has 16 heavy (non-hydrogen) atoms. The number of ether oxygens (including phenoxy) is 1. The first-order chi connectivity index (χ1) is 6.34. The summed E-state index contributed by atoms with van der Waals surface area (Å²) in [5.74, 6) is 1.05. The van der Waals surface area contributed by atoms with Crippen LogP contribution in [0.25, 0.3) is 18.2 Å². The van der Waals surface area contributed by atoms with Gasteiger partial charge in [0.05, 0.1) is 0 Å². The van der Waals surface area contributed by atoms with Gasteiger partial charge in [0, 0.05) is 10.8 Å². The van der Waals surface area contributed by atoms with Gasteiger partial charge >= 0.3 is 26.2 Å². The molecule has 2 aliphatic rings. The Balaban J connectivity index is 0.000000750. The van der Waals surface area contributed by atoms with Crippen LogP contribution in [0.3, 0.4) is 0 Å². The molecule has 82 valence electrons. The standard InChI is InChI=1S/C12H10O.2ClH.Zr/c1-8-7-10-6-5-9-3-2-4-11(9)12(10)13-8;;;/h2-8H,1H3;2*1H;/q;;;+2/p-2. The van der Waals surface area contributed by atoms with Crippen molar-refractivity contribution in [3.05, 3.63) is 34.2 Å². The molecule has 0 N–H and O–H groups in total. The zero-order chi connectivity index (χ0) is 8.84. The normalized spacial score (nSPS) is 17.4. The maximum atomic E-state index is 5.72. The summed E-state index contributed by atoms with van der Waals surface area (Å²) >= 11 is 0. The van der Waals surface area contributed by atoms with Gasteiger partial charge in [0.15, 0.2) is 0 Å². The van der Waals surface area contributed by atoms with E-state index in [1.165, 1.54) is 16.0 Å². The Labute approximate surface area is 126 Å². The van der Waals surface area contributed by atoms with E-state index in [1.807, 2.05) is 0 Å². The number of hydrogen-bond donors (Lipinski definition) is 0. The molecule has 1 aliphatic heterocycles. The Hall–Kier alpha value is -0.0369. The molecule has 1 aromatic rings. The number of rotatable bonds is 0. The number of halogens is 2. The Morgan fingerprint density at radius 3 is 2.56 bits per heavy atom. The van der Waals surface area contributed by atoms with E-state index in [0.717, 1.165) is 5.75 Å². The van der Waals surface area contributed by atoms with Crippen LogP contribution in [-0.4, -0.2) is 6.10 Å². The van der Waals surface area contributed by atoms with Crippen molar-refractivity contribution in [3.63, 3.8) is 0 Å². The van der Waals surface area contributed by atoms with Crippen LogP contribution >= 0.6 is 0 Å². The molecule has 0 radical (unpaired) electrons. The second-order valence-electron chi connectivity index (χ2n) is 3.50. The summed E-state index contributed by atoms with van der Waals surface area (Å²) in [5, 5.41) is 2.49. The quantitative estimate of drug-likeness (QED) is 0.463. The minimum atomic E-state index is 0. The van der Waals surface area contributed by atoms with Gasteiger partial charge in [-0.25, -0.2) is 0 Å². The summed E-state index contributed by atoms with van der Waals surface area (Å²) in [6.45, 7) is 2.06. The van der Waals surface area contributed by atoms with Crippen molar-refractivity contribution in [3.8, 4) is 5.75 Å². The SMILES string of the molecule is CC1C=c2ccc3c(c2O1)C=CC=3.[Cl-].[Cl-].[Zr+2]. The fourth-order valence-electron chi connectivity index (χ4n) is 1.93. The molecule has 0 spiro atoms. The second kappa shape index (κ2) is 6.05. The molecule has 1 atom stereocenters. The monoisotopic (exact) mass is 330 g/mol. The minimum Gasteiger partial charge on any atom is -1.00 e. The topological polar surface area (TPSA) is 9.23 Å². The maximum absolute atomic E-state index is 5.72. The Bertz CT molecular complexity index is 523. The van der Waals surface area contributed by atoms with Gasteiger partial charge in [-0.2, -0.15) is 0 Å². The van der Waals surface area contributed by atoms with Gasteiger partial charge in [-0.3, -0.25) is 0 Å². The van der Waals surface area contributed by atoms with E-state index in [4.69, 9.17) is 4.74 Å². The first-order valence-corrected chi connectivity index (χ1v) is 4.54. The molecule has 0 saturated carbocycles. The number of fused-ring (bicyclic) bond motifs is 3. The van der Waals surface area contributed by atoms with Crippen molar-refractivity contribution < 1.29 is 55.8 Å². The van der Waals surface area contributed by atoms with Crippen molar-refractivity contribution in [2.45, 2.75) is 13.0 Å². The minimum absolute atomic E-state index is 0. The molecule has 0 fully saturated rings. The average Bonchev–Trinajstić information content (AvgIpc) is 2.65. The summed E-state index contributed by atoms with van der Waals surface area (Å²) in [6, 6.07) is 4.27. The first kappa shape index (κ1) is 16.0.